The third kappa shape index (κ3) is 4.33. The molecule has 0 aliphatic heterocycles. The number of benzene rings is 1. The number of hydrazone groups is 1. The Labute approximate surface area is 136 Å². The van der Waals surface area contributed by atoms with Gasteiger partial charge in [-0.15, -0.1) is 0 Å². The summed E-state index contributed by atoms with van der Waals surface area (Å²) < 4.78 is 0.277. The van der Waals surface area contributed by atoms with Gasteiger partial charge in [0.25, 0.3) is 11.2 Å². The first-order chi connectivity index (χ1) is 11.0. The van der Waals surface area contributed by atoms with Crippen LogP contribution in [0.2, 0.25) is 0 Å². The van der Waals surface area contributed by atoms with Gasteiger partial charge in [0.2, 0.25) is 0 Å². The van der Waals surface area contributed by atoms with Gasteiger partial charge in [-0.1, -0.05) is 13.3 Å². The summed E-state index contributed by atoms with van der Waals surface area (Å²) in [6.45, 7) is 1.99. The normalized spacial score (nSPS) is 10.8. The minimum Gasteiger partial charge on any atom is -0.335 e. The third-order valence-corrected chi connectivity index (χ3v) is 3.23. The fourth-order valence-electron chi connectivity index (χ4n) is 1.96. The maximum atomic E-state index is 12.0. The summed E-state index contributed by atoms with van der Waals surface area (Å²) in [6.07, 6.45) is 2.92. The first-order valence-corrected chi connectivity index (χ1v) is 7.31. The number of hydrogen-bond donors (Lipinski definition) is 3. The molecule has 9 heteroatoms. The van der Waals surface area contributed by atoms with Crippen molar-refractivity contribution in [1.82, 2.24) is 9.97 Å². The Hall–Kier alpha value is -2.81. The number of aromatic nitrogens is 2. The Bertz CT molecular complexity index is 839. The van der Waals surface area contributed by atoms with Crippen LogP contribution in [-0.2, 0) is 6.42 Å². The SMILES string of the molecule is CCCc1[nH]c(=S)[nH]c(=O)c1/C=N/Nc1ccc([N+](=O)[O-])cc1. The highest BCUT2D eigenvalue weighted by molar-refractivity contribution is 7.71. The van der Waals surface area contributed by atoms with E-state index in [2.05, 4.69) is 20.5 Å². The lowest BCUT2D eigenvalue weighted by molar-refractivity contribution is -0.384. The van der Waals surface area contributed by atoms with Crippen molar-refractivity contribution in [3.8, 4) is 0 Å². The van der Waals surface area contributed by atoms with Gasteiger partial charge in [0, 0.05) is 17.8 Å². The largest absolute Gasteiger partial charge is 0.335 e. The van der Waals surface area contributed by atoms with E-state index in [1.165, 1.54) is 30.5 Å². The van der Waals surface area contributed by atoms with E-state index in [1.807, 2.05) is 6.92 Å². The van der Waals surface area contributed by atoms with Gasteiger partial charge in [-0.2, -0.15) is 5.10 Å². The molecular weight excluding hydrogens is 318 g/mol. The van der Waals surface area contributed by atoms with Crippen molar-refractivity contribution in [2.45, 2.75) is 19.8 Å². The minimum absolute atomic E-state index is 0.00293. The highest BCUT2D eigenvalue weighted by atomic mass is 32.1. The van der Waals surface area contributed by atoms with Crippen molar-refractivity contribution in [2.24, 2.45) is 5.10 Å². The summed E-state index contributed by atoms with van der Waals surface area (Å²) in [5.74, 6) is 0. The molecule has 0 spiro atoms. The zero-order valence-corrected chi connectivity index (χ0v) is 13.1. The van der Waals surface area contributed by atoms with Crippen LogP contribution in [0.4, 0.5) is 11.4 Å². The number of aromatic amines is 2. The molecule has 0 amide bonds. The predicted molar refractivity (Wildman–Crippen MR) is 90.6 cm³/mol. The van der Waals surface area contributed by atoms with Crippen LogP contribution in [0, 0.1) is 14.9 Å². The fourth-order valence-corrected chi connectivity index (χ4v) is 2.17. The number of nitrogens with one attached hydrogen (secondary N) is 3. The molecular formula is C14H15N5O3S. The lowest BCUT2D eigenvalue weighted by atomic mass is 10.1. The second-order valence-electron chi connectivity index (χ2n) is 4.72. The molecule has 0 aliphatic carbocycles. The summed E-state index contributed by atoms with van der Waals surface area (Å²) in [5.41, 5.74) is 4.10. The average Bonchev–Trinajstić information content (AvgIpc) is 2.50. The molecule has 0 saturated heterocycles. The van der Waals surface area contributed by atoms with Gasteiger partial charge in [-0.3, -0.25) is 25.3 Å². The lowest BCUT2D eigenvalue weighted by Crippen LogP contribution is -2.18. The number of nitrogens with zero attached hydrogens (tertiary/aromatic N) is 2. The topological polar surface area (TPSA) is 116 Å². The number of hydrogen-bond acceptors (Lipinski definition) is 6. The summed E-state index contributed by atoms with van der Waals surface area (Å²) in [7, 11) is 0. The smallest absolute Gasteiger partial charge is 0.269 e. The predicted octanol–water partition coefficient (Wildman–Crippen LogP) is 2.74. The molecule has 0 aliphatic rings. The summed E-state index contributed by atoms with van der Waals surface area (Å²) in [5, 5.41) is 14.6. The van der Waals surface area contributed by atoms with E-state index in [9.17, 15) is 14.9 Å². The van der Waals surface area contributed by atoms with Gasteiger partial charge in [0.1, 0.15) is 0 Å². The van der Waals surface area contributed by atoms with Crippen molar-refractivity contribution >= 4 is 29.8 Å². The van der Waals surface area contributed by atoms with Gasteiger partial charge in [0.05, 0.1) is 22.4 Å². The van der Waals surface area contributed by atoms with E-state index in [-0.39, 0.29) is 16.0 Å². The third-order valence-electron chi connectivity index (χ3n) is 3.03. The van der Waals surface area contributed by atoms with Crippen LogP contribution in [-0.4, -0.2) is 21.1 Å². The molecule has 120 valence electrons. The summed E-state index contributed by atoms with van der Waals surface area (Å²) >= 11 is 4.96. The van der Waals surface area contributed by atoms with Crippen LogP contribution >= 0.6 is 12.2 Å². The number of anilines is 1. The van der Waals surface area contributed by atoms with E-state index >= 15 is 0 Å². The van der Waals surface area contributed by atoms with E-state index in [0.717, 1.165) is 12.1 Å². The zero-order valence-electron chi connectivity index (χ0n) is 12.3. The fraction of sp³-hybridized carbons (Fsp3) is 0.214. The second-order valence-corrected chi connectivity index (χ2v) is 5.13. The van der Waals surface area contributed by atoms with Gasteiger partial charge < -0.3 is 4.98 Å². The molecule has 0 unspecified atom stereocenters. The molecule has 1 aromatic heterocycles. The lowest BCUT2D eigenvalue weighted by Gasteiger charge is -2.04. The number of non-ortho nitro benzene ring substituents is 1. The molecule has 8 nitrogen and oxygen atoms in total. The van der Waals surface area contributed by atoms with Crippen molar-refractivity contribution in [3.05, 3.63) is 60.8 Å². The zero-order chi connectivity index (χ0) is 16.8. The maximum absolute atomic E-state index is 12.0. The Morgan fingerprint density at radius 3 is 2.65 bits per heavy atom. The summed E-state index contributed by atoms with van der Waals surface area (Å²) in [4.78, 5) is 27.5. The van der Waals surface area contributed by atoms with Crippen LogP contribution in [0.15, 0.2) is 34.2 Å². The highest BCUT2D eigenvalue weighted by Gasteiger charge is 2.06. The number of nitro groups is 1. The van der Waals surface area contributed by atoms with Crippen molar-refractivity contribution in [1.29, 1.82) is 0 Å². The first-order valence-electron chi connectivity index (χ1n) is 6.90. The van der Waals surface area contributed by atoms with Gasteiger partial charge in [-0.05, 0) is 30.8 Å². The molecule has 3 N–H and O–H groups in total. The van der Waals surface area contributed by atoms with Crippen LogP contribution in [0.5, 0.6) is 0 Å². The Balaban J connectivity index is 2.18. The van der Waals surface area contributed by atoms with Crippen LogP contribution in [0.25, 0.3) is 0 Å². The Morgan fingerprint density at radius 1 is 1.35 bits per heavy atom. The maximum Gasteiger partial charge on any atom is 0.269 e. The van der Waals surface area contributed by atoms with Gasteiger partial charge in [0.15, 0.2) is 4.77 Å². The Kier molecular flexibility index (Phi) is 5.36. The van der Waals surface area contributed by atoms with E-state index in [0.29, 0.717) is 17.7 Å². The van der Waals surface area contributed by atoms with Crippen LogP contribution in [0.3, 0.4) is 0 Å². The monoisotopic (exact) mass is 333 g/mol. The summed E-state index contributed by atoms with van der Waals surface area (Å²) in [6, 6.07) is 5.80. The van der Waals surface area contributed by atoms with Gasteiger partial charge in [-0.25, -0.2) is 0 Å². The molecule has 0 radical (unpaired) electrons. The van der Waals surface area contributed by atoms with Gasteiger partial charge >= 0.3 is 0 Å². The first kappa shape index (κ1) is 16.6. The standard InChI is InChI=1S/C14H15N5O3S/c1-2-3-12-11(13(20)17-14(23)16-12)8-15-18-9-4-6-10(7-5-9)19(21)22/h4-8,18H,2-3H2,1H3,(H2,16,17,20,23)/b15-8+. The van der Waals surface area contributed by atoms with E-state index < -0.39 is 4.92 Å². The molecule has 0 fully saturated rings. The number of aryl methyl sites for hydroxylation is 1. The number of nitro benzene ring substituents is 1. The van der Waals surface area contributed by atoms with Crippen molar-refractivity contribution < 1.29 is 4.92 Å². The van der Waals surface area contributed by atoms with Crippen molar-refractivity contribution in [3.63, 3.8) is 0 Å². The van der Waals surface area contributed by atoms with E-state index in [4.69, 9.17) is 12.2 Å². The molecule has 0 saturated carbocycles. The molecule has 0 atom stereocenters. The number of rotatable bonds is 6. The molecule has 23 heavy (non-hydrogen) atoms. The number of H-pyrrole nitrogens is 2. The van der Waals surface area contributed by atoms with E-state index in [1.54, 1.807) is 0 Å². The highest BCUT2D eigenvalue weighted by Crippen LogP contribution is 2.15. The molecule has 1 heterocycles. The van der Waals surface area contributed by atoms with Crippen LogP contribution < -0.4 is 11.0 Å². The minimum atomic E-state index is -0.476. The molecule has 0 bridgehead atoms. The Morgan fingerprint density at radius 2 is 2.04 bits per heavy atom. The van der Waals surface area contributed by atoms with Crippen molar-refractivity contribution in [2.75, 3.05) is 5.43 Å². The molecule has 1 aromatic carbocycles. The second kappa shape index (κ2) is 7.45. The molecule has 2 rings (SSSR count). The average molecular weight is 333 g/mol. The molecule has 2 aromatic rings. The van der Waals surface area contributed by atoms with Crippen LogP contribution in [0.1, 0.15) is 24.6 Å². The quantitative estimate of drug-likeness (QED) is 0.325.